The lowest BCUT2D eigenvalue weighted by Crippen LogP contribution is -2.40. The third-order valence-corrected chi connectivity index (χ3v) is 6.72. The third-order valence-electron chi connectivity index (χ3n) is 6.72. The number of carbonyl (C=O) groups excluding carboxylic acids is 1. The molecule has 0 fully saturated rings. The lowest BCUT2D eigenvalue weighted by atomic mass is 10.1. The monoisotopic (exact) mass is 510 g/mol. The fourth-order valence-electron chi connectivity index (χ4n) is 4.79. The fourth-order valence-corrected chi connectivity index (χ4v) is 4.79. The predicted octanol–water partition coefficient (Wildman–Crippen LogP) is 4.23. The van der Waals surface area contributed by atoms with Crippen LogP contribution in [0.1, 0.15) is 53.4 Å². The summed E-state index contributed by atoms with van der Waals surface area (Å²) in [7, 11) is 0. The van der Waals surface area contributed by atoms with Crippen molar-refractivity contribution >= 4 is 27.9 Å². The van der Waals surface area contributed by atoms with Gasteiger partial charge in [-0.15, -0.1) is 0 Å². The van der Waals surface area contributed by atoms with Gasteiger partial charge in [0.1, 0.15) is 16.9 Å². The highest BCUT2D eigenvalue weighted by molar-refractivity contribution is 5.95. The molecule has 1 atom stereocenters. The molecule has 3 aromatic heterocycles. The van der Waals surface area contributed by atoms with Gasteiger partial charge >= 0.3 is 0 Å². The molecular weight excluding hydrogens is 480 g/mol. The number of benzene rings is 2. The molecule has 0 aliphatic carbocycles. The number of para-hydroxylation sites is 1. The average Bonchev–Trinajstić information content (AvgIpc) is 3.33. The Morgan fingerprint density at radius 2 is 1.82 bits per heavy atom. The minimum absolute atomic E-state index is 0.167. The van der Waals surface area contributed by atoms with Gasteiger partial charge in [0.05, 0.1) is 23.8 Å². The molecule has 0 aliphatic rings. The lowest BCUT2D eigenvalue weighted by Gasteiger charge is -2.32. The number of rotatable bonds is 9. The quantitative estimate of drug-likeness (QED) is 0.315. The van der Waals surface area contributed by atoms with E-state index in [0.29, 0.717) is 55.1 Å². The van der Waals surface area contributed by atoms with Crippen molar-refractivity contribution in [2.45, 2.75) is 39.3 Å². The van der Waals surface area contributed by atoms with Crippen LogP contribution in [-0.4, -0.2) is 43.6 Å². The van der Waals surface area contributed by atoms with Crippen LogP contribution in [0.3, 0.4) is 0 Å². The minimum atomic E-state index is -0.520. The molecule has 9 nitrogen and oxygen atoms in total. The molecule has 3 heterocycles. The molecule has 0 aliphatic heterocycles. The van der Waals surface area contributed by atoms with Gasteiger partial charge in [0, 0.05) is 11.9 Å². The van der Waals surface area contributed by atoms with Crippen molar-refractivity contribution in [1.82, 2.24) is 24.6 Å². The summed E-state index contributed by atoms with van der Waals surface area (Å²) in [5, 5.41) is 5.28. The van der Waals surface area contributed by atoms with Crippen molar-refractivity contribution in [3.63, 3.8) is 0 Å². The van der Waals surface area contributed by atoms with Crippen LogP contribution in [0.2, 0.25) is 0 Å². The number of hydrogen-bond acceptors (Lipinski definition) is 7. The SMILES string of the molecule is CCC(c1nc2onc(C)c2c(=O)n1Cc1ccccc1)N(CCCN)C(=O)c1ccc2ccccc2n1. The summed E-state index contributed by atoms with van der Waals surface area (Å²) < 4.78 is 7.05. The third kappa shape index (κ3) is 4.80. The molecule has 194 valence electrons. The second-order valence-electron chi connectivity index (χ2n) is 9.25. The number of aromatic nitrogens is 4. The van der Waals surface area contributed by atoms with Gasteiger partial charge < -0.3 is 15.2 Å². The maximum Gasteiger partial charge on any atom is 0.273 e. The highest BCUT2D eigenvalue weighted by atomic mass is 16.5. The van der Waals surface area contributed by atoms with Gasteiger partial charge in [0.15, 0.2) is 0 Å². The van der Waals surface area contributed by atoms with Gasteiger partial charge in [-0.3, -0.25) is 14.2 Å². The zero-order valence-electron chi connectivity index (χ0n) is 21.5. The molecule has 0 bridgehead atoms. The van der Waals surface area contributed by atoms with Gasteiger partial charge in [0.25, 0.3) is 17.2 Å². The van der Waals surface area contributed by atoms with Crippen LogP contribution in [0.15, 0.2) is 76.0 Å². The molecule has 38 heavy (non-hydrogen) atoms. The second-order valence-corrected chi connectivity index (χ2v) is 9.25. The van der Waals surface area contributed by atoms with Crippen LogP contribution in [0.5, 0.6) is 0 Å². The van der Waals surface area contributed by atoms with E-state index < -0.39 is 6.04 Å². The first-order chi connectivity index (χ1) is 18.5. The van der Waals surface area contributed by atoms with Gasteiger partial charge in [-0.25, -0.2) is 4.98 Å². The molecule has 0 saturated carbocycles. The number of carbonyl (C=O) groups is 1. The van der Waals surface area contributed by atoms with Crippen molar-refractivity contribution < 1.29 is 9.32 Å². The van der Waals surface area contributed by atoms with E-state index in [1.54, 1.807) is 22.5 Å². The molecule has 1 unspecified atom stereocenters. The summed E-state index contributed by atoms with van der Waals surface area (Å²) in [5.74, 6) is 0.196. The summed E-state index contributed by atoms with van der Waals surface area (Å²) in [6.07, 6.45) is 1.10. The highest BCUT2D eigenvalue weighted by Gasteiger charge is 2.31. The number of fused-ring (bicyclic) bond motifs is 2. The Morgan fingerprint density at radius 3 is 2.58 bits per heavy atom. The Hall–Kier alpha value is -4.37. The number of hydrogen-bond donors (Lipinski definition) is 1. The first kappa shape index (κ1) is 25.3. The number of nitrogens with zero attached hydrogens (tertiary/aromatic N) is 5. The second kappa shape index (κ2) is 10.9. The number of pyridine rings is 1. The number of nitrogens with two attached hydrogens (primary N) is 1. The van der Waals surface area contributed by atoms with Crippen LogP contribution >= 0.6 is 0 Å². The predicted molar refractivity (Wildman–Crippen MR) is 146 cm³/mol. The normalized spacial score (nSPS) is 12.2. The van der Waals surface area contributed by atoms with E-state index in [1.165, 1.54) is 0 Å². The van der Waals surface area contributed by atoms with E-state index in [-0.39, 0.29) is 17.2 Å². The minimum Gasteiger partial charge on any atom is -0.335 e. The summed E-state index contributed by atoms with van der Waals surface area (Å²) in [6, 6.07) is 20.5. The number of amides is 1. The Morgan fingerprint density at radius 1 is 1.05 bits per heavy atom. The molecule has 5 rings (SSSR count). The molecule has 5 aromatic rings. The Kier molecular flexibility index (Phi) is 7.28. The Bertz CT molecular complexity index is 1640. The molecule has 0 spiro atoms. The molecular formula is C29H30N6O3. The van der Waals surface area contributed by atoms with Crippen molar-refractivity contribution in [1.29, 1.82) is 0 Å². The van der Waals surface area contributed by atoms with E-state index in [2.05, 4.69) is 10.1 Å². The molecule has 0 radical (unpaired) electrons. The molecule has 9 heteroatoms. The van der Waals surface area contributed by atoms with E-state index >= 15 is 0 Å². The first-order valence-corrected chi connectivity index (χ1v) is 12.8. The van der Waals surface area contributed by atoms with Crippen molar-refractivity contribution in [3.8, 4) is 0 Å². The summed E-state index contributed by atoms with van der Waals surface area (Å²) in [5.41, 5.74) is 8.26. The van der Waals surface area contributed by atoms with Crippen LogP contribution < -0.4 is 11.3 Å². The largest absolute Gasteiger partial charge is 0.335 e. The van der Waals surface area contributed by atoms with Gasteiger partial charge in [-0.05, 0) is 44.0 Å². The van der Waals surface area contributed by atoms with Crippen molar-refractivity contribution in [2.24, 2.45) is 5.73 Å². The zero-order chi connectivity index (χ0) is 26.6. The summed E-state index contributed by atoms with van der Waals surface area (Å²) in [6.45, 7) is 4.79. The highest BCUT2D eigenvalue weighted by Crippen LogP contribution is 2.27. The van der Waals surface area contributed by atoms with Crippen LogP contribution in [-0.2, 0) is 6.54 Å². The Labute approximate surface area is 219 Å². The number of aryl methyl sites for hydroxylation is 1. The van der Waals surface area contributed by atoms with Crippen LogP contribution in [0, 0.1) is 6.92 Å². The Balaban J connectivity index is 1.64. The maximum absolute atomic E-state index is 14.0. The molecule has 2 aromatic carbocycles. The molecule has 1 amide bonds. The van der Waals surface area contributed by atoms with E-state index in [0.717, 1.165) is 16.5 Å². The summed E-state index contributed by atoms with van der Waals surface area (Å²) in [4.78, 5) is 38.9. The van der Waals surface area contributed by atoms with Crippen LogP contribution in [0.4, 0.5) is 0 Å². The maximum atomic E-state index is 14.0. The van der Waals surface area contributed by atoms with Crippen molar-refractivity contribution in [3.05, 3.63) is 99.9 Å². The van der Waals surface area contributed by atoms with E-state index in [4.69, 9.17) is 15.2 Å². The van der Waals surface area contributed by atoms with Crippen molar-refractivity contribution in [2.75, 3.05) is 13.1 Å². The topological polar surface area (TPSA) is 120 Å². The first-order valence-electron chi connectivity index (χ1n) is 12.8. The summed E-state index contributed by atoms with van der Waals surface area (Å²) >= 11 is 0. The fraction of sp³-hybridized carbons (Fsp3) is 0.276. The smallest absolute Gasteiger partial charge is 0.273 e. The molecule has 0 saturated heterocycles. The van der Waals surface area contributed by atoms with Crippen LogP contribution in [0.25, 0.3) is 22.0 Å². The van der Waals surface area contributed by atoms with Gasteiger partial charge in [-0.2, -0.15) is 4.98 Å². The molecule has 2 N–H and O–H groups in total. The lowest BCUT2D eigenvalue weighted by molar-refractivity contribution is 0.0649. The van der Waals surface area contributed by atoms with E-state index in [1.807, 2.05) is 67.6 Å². The standard InChI is InChI=1S/C29H30N6O3/c1-3-24(34(17-9-16-30)28(36)23-15-14-21-12-7-8-13-22(21)31-23)26-32-27-25(19(2)33-38-27)29(37)35(26)18-20-10-5-4-6-11-20/h4-8,10-15,24H,3,9,16-18,30H2,1-2H3. The van der Waals surface area contributed by atoms with E-state index in [9.17, 15) is 9.59 Å². The zero-order valence-corrected chi connectivity index (χ0v) is 21.5. The van der Waals surface area contributed by atoms with Gasteiger partial charge in [-0.1, -0.05) is 66.7 Å². The van der Waals surface area contributed by atoms with Gasteiger partial charge in [0.2, 0.25) is 0 Å². The average molecular weight is 511 g/mol.